The van der Waals surface area contributed by atoms with Crippen LogP contribution in [0.15, 0.2) is 41.0 Å². The van der Waals surface area contributed by atoms with Gasteiger partial charge in [-0.2, -0.15) is 0 Å². The number of nitrogens with zero attached hydrogens (tertiary/aromatic N) is 1. The van der Waals surface area contributed by atoms with Crippen molar-refractivity contribution in [3.05, 3.63) is 46.6 Å². The van der Waals surface area contributed by atoms with Gasteiger partial charge in [0.15, 0.2) is 0 Å². The van der Waals surface area contributed by atoms with Crippen LogP contribution in [0.1, 0.15) is 5.56 Å². The largest absolute Gasteiger partial charge is 0.497 e. The molecule has 0 aliphatic rings. The number of methoxy groups -OCH3 is 1. The highest BCUT2D eigenvalue weighted by atomic mass is 79.9. The summed E-state index contributed by atoms with van der Waals surface area (Å²) < 4.78 is 11.8. The van der Waals surface area contributed by atoms with Crippen LogP contribution >= 0.6 is 15.9 Å². The fourth-order valence-electron chi connectivity index (χ4n) is 1.66. The highest BCUT2D eigenvalue weighted by Crippen LogP contribution is 2.30. The van der Waals surface area contributed by atoms with Gasteiger partial charge in [0.05, 0.1) is 11.6 Å². The van der Waals surface area contributed by atoms with Crippen LogP contribution in [0.5, 0.6) is 11.5 Å². The maximum atomic E-state index is 5.78. The molecular formula is C14H15BrN2O2. The highest BCUT2D eigenvalue weighted by Gasteiger charge is 2.06. The molecule has 0 amide bonds. The van der Waals surface area contributed by atoms with Crippen molar-refractivity contribution in [3.8, 4) is 11.5 Å². The lowest BCUT2D eigenvalue weighted by Gasteiger charge is -2.11. The second-order valence-electron chi connectivity index (χ2n) is 3.85. The highest BCUT2D eigenvalue weighted by molar-refractivity contribution is 9.10. The zero-order valence-corrected chi connectivity index (χ0v) is 12.4. The number of anilines is 1. The molecule has 0 spiro atoms. The van der Waals surface area contributed by atoms with Crippen molar-refractivity contribution in [3.63, 3.8) is 0 Å². The molecule has 1 aromatic heterocycles. The first kappa shape index (κ1) is 13.7. The van der Waals surface area contributed by atoms with Crippen molar-refractivity contribution < 1.29 is 9.47 Å². The topological polar surface area (TPSA) is 43.4 Å². The fraction of sp³-hybridized carbons (Fsp3) is 0.214. The molecular weight excluding hydrogens is 308 g/mol. The normalized spacial score (nSPS) is 10.1. The predicted octanol–water partition coefficient (Wildman–Crippen LogP) is 3.47. The quantitative estimate of drug-likeness (QED) is 0.915. The number of hydrogen-bond donors (Lipinski definition) is 1. The van der Waals surface area contributed by atoms with E-state index in [0.717, 1.165) is 27.4 Å². The van der Waals surface area contributed by atoms with Gasteiger partial charge in [0.25, 0.3) is 0 Å². The number of benzene rings is 1. The Morgan fingerprint density at radius 1 is 1.32 bits per heavy atom. The van der Waals surface area contributed by atoms with Crippen molar-refractivity contribution in [2.45, 2.75) is 6.61 Å². The standard InChI is InChI=1S/C14H15BrN2O2/c1-16-14-10(4-3-7-17-14)9-19-13-6-5-11(18-2)8-12(13)15/h3-8H,9H2,1-2H3,(H,16,17). The lowest BCUT2D eigenvalue weighted by molar-refractivity contribution is 0.303. The second kappa shape index (κ2) is 6.43. The van der Waals surface area contributed by atoms with Gasteiger partial charge >= 0.3 is 0 Å². The molecule has 100 valence electrons. The Labute approximate surface area is 120 Å². The molecule has 0 saturated heterocycles. The summed E-state index contributed by atoms with van der Waals surface area (Å²) >= 11 is 3.46. The lowest BCUT2D eigenvalue weighted by Crippen LogP contribution is -2.02. The van der Waals surface area contributed by atoms with Gasteiger partial charge in [0, 0.05) is 18.8 Å². The molecule has 1 N–H and O–H groups in total. The average molecular weight is 323 g/mol. The first-order chi connectivity index (χ1) is 9.24. The van der Waals surface area contributed by atoms with Crippen molar-refractivity contribution in [1.29, 1.82) is 0 Å². The lowest BCUT2D eigenvalue weighted by atomic mass is 10.2. The summed E-state index contributed by atoms with van der Waals surface area (Å²) in [6.45, 7) is 0.453. The Morgan fingerprint density at radius 2 is 2.16 bits per heavy atom. The van der Waals surface area contributed by atoms with Gasteiger partial charge in [-0.3, -0.25) is 0 Å². The molecule has 0 aliphatic carbocycles. The van der Waals surface area contributed by atoms with E-state index in [0.29, 0.717) is 6.61 Å². The van der Waals surface area contributed by atoms with E-state index in [9.17, 15) is 0 Å². The summed E-state index contributed by atoms with van der Waals surface area (Å²) in [5.74, 6) is 2.38. The summed E-state index contributed by atoms with van der Waals surface area (Å²) in [5, 5.41) is 3.04. The number of nitrogens with one attached hydrogen (secondary N) is 1. The molecule has 1 heterocycles. The minimum absolute atomic E-state index is 0.453. The van der Waals surface area contributed by atoms with E-state index in [1.54, 1.807) is 13.3 Å². The number of rotatable bonds is 5. The van der Waals surface area contributed by atoms with Gasteiger partial charge in [0.1, 0.15) is 23.9 Å². The minimum atomic E-state index is 0.453. The van der Waals surface area contributed by atoms with E-state index in [-0.39, 0.29) is 0 Å². The van der Waals surface area contributed by atoms with E-state index in [1.807, 2.05) is 37.4 Å². The van der Waals surface area contributed by atoms with Crippen molar-refractivity contribution in [1.82, 2.24) is 4.98 Å². The predicted molar refractivity (Wildman–Crippen MR) is 78.8 cm³/mol. The van der Waals surface area contributed by atoms with Crippen LogP contribution in [0.4, 0.5) is 5.82 Å². The number of pyridine rings is 1. The molecule has 0 saturated carbocycles. The molecule has 0 radical (unpaired) electrons. The Kier molecular flexibility index (Phi) is 4.63. The van der Waals surface area contributed by atoms with Crippen LogP contribution in [0.3, 0.4) is 0 Å². The zero-order valence-electron chi connectivity index (χ0n) is 10.8. The fourth-order valence-corrected chi connectivity index (χ4v) is 2.13. The van der Waals surface area contributed by atoms with Gasteiger partial charge < -0.3 is 14.8 Å². The van der Waals surface area contributed by atoms with E-state index in [4.69, 9.17) is 9.47 Å². The molecule has 5 heteroatoms. The van der Waals surface area contributed by atoms with Crippen LogP contribution in [0, 0.1) is 0 Å². The minimum Gasteiger partial charge on any atom is -0.497 e. The van der Waals surface area contributed by atoms with Gasteiger partial charge in [0.2, 0.25) is 0 Å². The summed E-state index contributed by atoms with van der Waals surface area (Å²) in [6, 6.07) is 9.48. The maximum Gasteiger partial charge on any atom is 0.134 e. The van der Waals surface area contributed by atoms with E-state index in [1.165, 1.54) is 0 Å². The van der Waals surface area contributed by atoms with E-state index in [2.05, 4.69) is 26.2 Å². The molecule has 0 atom stereocenters. The summed E-state index contributed by atoms with van der Waals surface area (Å²) in [5.41, 5.74) is 1.01. The maximum absolute atomic E-state index is 5.78. The summed E-state index contributed by atoms with van der Waals surface area (Å²) in [6.07, 6.45) is 1.75. The second-order valence-corrected chi connectivity index (χ2v) is 4.70. The number of hydrogen-bond acceptors (Lipinski definition) is 4. The first-order valence-corrected chi connectivity index (χ1v) is 6.62. The smallest absolute Gasteiger partial charge is 0.134 e. The van der Waals surface area contributed by atoms with Gasteiger partial charge in [-0.1, -0.05) is 6.07 Å². The molecule has 2 rings (SSSR count). The number of halogens is 1. The first-order valence-electron chi connectivity index (χ1n) is 5.82. The Bertz CT molecular complexity index is 561. The van der Waals surface area contributed by atoms with Gasteiger partial charge in [-0.25, -0.2) is 4.98 Å². The summed E-state index contributed by atoms with van der Waals surface area (Å²) in [4.78, 5) is 4.24. The third-order valence-corrected chi connectivity index (χ3v) is 3.27. The molecule has 4 nitrogen and oxygen atoms in total. The van der Waals surface area contributed by atoms with Crippen LogP contribution in [0.25, 0.3) is 0 Å². The average Bonchev–Trinajstić information content (AvgIpc) is 2.46. The Hall–Kier alpha value is -1.75. The molecule has 1 aromatic carbocycles. The van der Waals surface area contributed by atoms with Gasteiger partial charge in [-0.15, -0.1) is 0 Å². The van der Waals surface area contributed by atoms with E-state index >= 15 is 0 Å². The molecule has 2 aromatic rings. The van der Waals surface area contributed by atoms with Gasteiger partial charge in [-0.05, 0) is 40.2 Å². The number of aromatic nitrogens is 1. The zero-order chi connectivity index (χ0) is 13.7. The van der Waals surface area contributed by atoms with Crippen LogP contribution in [-0.2, 0) is 6.61 Å². The molecule has 0 aliphatic heterocycles. The monoisotopic (exact) mass is 322 g/mol. The van der Waals surface area contributed by atoms with Crippen molar-refractivity contribution >= 4 is 21.7 Å². The van der Waals surface area contributed by atoms with Crippen LogP contribution in [-0.4, -0.2) is 19.1 Å². The number of ether oxygens (including phenoxy) is 2. The Balaban J connectivity index is 2.10. The summed E-state index contributed by atoms with van der Waals surface area (Å²) in [7, 11) is 3.48. The molecule has 0 unspecified atom stereocenters. The molecule has 19 heavy (non-hydrogen) atoms. The Morgan fingerprint density at radius 3 is 2.84 bits per heavy atom. The van der Waals surface area contributed by atoms with Crippen molar-refractivity contribution in [2.24, 2.45) is 0 Å². The third kappa shape index (κ3) is 3.38. The molecule has 0 bridgehead atoms. The van der Waals surface area contributed by atoms with Crippen LogP contribution < -0.4 is 14.8 Å². The van der Waals surface area contributed by atoms with Crippen molar-refractivity contribution in [2.75, 3.05) is 19.5 Å². The third-order valence-electron chi connectivity index (χ3n) is 2.65. The molecule has 0 fully saturated rings. The van der Waals surface area contributed by atoms with E-state index < -0.39 is 0 Å². The SMILES string of the molecule is CNc1ncccc1COc1ccc(OC)cc1Br. The van der Waals surface area contributed by atoms with Crippen LogP contribution in [0.2, 0.25) is 0 Å².